The number of hydrogen-bond donors (Lipinski definition) is 1. The third-order valence-electron chi connectivity index (χ3n) is 2.73. The highest BCUT2D eigenvalue weighted by molar-refractivity contribution is 7.16. The maximum Gasteiger partial charge on any atom is 0.148 e. The minimum Gasteiger partial charge on any atom is -0.495 e. The highest BCUT2D eigenvalue weighted by atomic mass is 35.5. The molecule has 0 radical (unpaired) electrons. The first-order valence-corrected chi connectivity index (χ1v) is 6.79. The zero-order valence-corrected chi connectivity index (χ0v) is 12.2. The van der Waals surface area contributed by atoms with Crippen LogP contribution in [0.15, 0.2) is 24.3 Å². The van der Waals surface area contributed by atoms with E-state index < -0.39 is 0 Å². The summed E-state index contributed by atoms with van der Waals surface area (Å²) in [4.78, 5) is 2.85. The van der Waals surface area contributed by atoms with E-state index in [1.807, 2.05) is 19.2 Å². The Labute approximate surface area is 120 Å². The number of thiophene rings is 1. The lowest BCUT2D eigenvalue weighted by atomic mass is 10.2. The van der Waals surface area contributed by atoms with Crippen molar-refractivity contribution >= 4 is 34.3 Å². The maximum atomic E-state index is 13.9. The van der Waals surface area contributed by atoms with Gasteiger partial charge in [0.1, 0.15) is 11.6 Å². The molecule has 6 heteroatoms. The van der Waals surface area contributed by atoms with E-state index in [4.69, 9.17) is 22.1 Å². The van der Waals surface area contributed by atoms with Gasteiger partial charge in [-0.1, -0.05) is 11.6 Å². The van der Waals surface area contributed by atoms with Gasteiger partial charge >= 0.3 is 0 Å². The smallest absolute Gasteiger partial charge is 0.148 e. The number of benzene rings is 1. The molecule has 1 aromatic carbocycles. The predicted molar refractivity (Wildman–Crippen MR) is 78.8 cm³/mol. The Bertz CT molecular complexity index is 588. The first-order valence-electron chi connectivity index (χ1n) is 5.59. The van der Waals surface area contributed by atoms with E-state index in [0.717, 1.165) is 9.21 Å². The van der Waals surface area contributed by atoms with Gasteiger partial charge in [-0.2, -0.15) is 0 Å². The molecule has 0 spiro atoms. The number of ether oxygens (including phenoxy) is 1. The van der Waals surface area contributed by atoms with E-state index in [2.05, 4.69) is 0 Å². The molecule has 0 aliphatic carbocycles. The Morgan fingerprint density at radius 2 is 2.16 bits per heavy atom. The minimum atomic E-state index is -0.372. The van der Waals surface area contributed by atoms with Crippen LogP contribution < -0.4 is 15.4 Å². The van der Waals surface area contributed by atoms with Gasteiger partial charge in [-0.25, -0.2) is 4.39 Å². The van der Waals surface area contributed by atoms with Crippen molar-refractivity contribution in [1.82, 2.24) is 0 Å². The zero-order chi connectivity index (χ0) is 14.0. The second-order valence-electron chi connectivity index (χ2n) is 4.11. The summed E-state index contributed by atoms with van der Waals surface area (Å²) in [6.45, 7) is 0.571. The summed E-state index contributed by atoms with van der Waals surface area (Å²) in [7, 11) is 3.31. The molecule has 19 heavy (non-hydrogen) atoms. The van der Waals surface area contributed by atoms with Gasteiger partial charge in [0.2, 0.25) is 0 Å². The van der Waals surface area contributed by atoms with E-state index in [1.54, 1.807) is 11.0 Å². The highest BCUT2D eigenvalue weighted by Gasteiger charge is 2.13. The monoisotopic (exact) mass is 300 g/mol. The van der Waals surface area contributed by atoms with E-state index in [-0.39, 0.29) is 11.5 Å². The van der Waals surface area contributed by atoms with E-state index >= 15 is 0 Å². The molecule has 2 N–H and O–H groups in total. The predicted octanol–water partition coefficient (Wildman–Crippen LogP) is 3.77. The Morgan fingerprint density at radius 1 is 1.42 bits per heavy atom. The molecular formula is C13H14ClFN2OS. The lowest BCUT2D eigenvalue weighted by Crippen LogP contribution is -2.17. The van der Waals surface area contributed by atoms with E-state index in [1.165, 1.54) is 24.5 Å². The Hall–Kier alpha value is -1.46. The van der Waals surface area contributed by atoms with Gasteiger partial charge < -0.3 is 15.4 Å². The van der Waals surface area contributed by atoms with Crippen LogP contribution in [0.3, 0.4) is 0 Å². The van der Waals surface area contributed by atoms with Crippen molar-refractivity contribution in [3.63, 3.8) is 0 Å². The molecule has 0 amide bonds. The van der Waals surface area contributed by atoms with Crippen LogP contribution in [0.2, 0.25) is 4.34 Å². The normalized spacial score (nSPS) is 10.5. The Morgan fingerprint density at radius 3 is 2.74 bits per heavy atom. The number of rotatable bonds is 4. The number of nitrogens with two attached hydrogens (primary N) is 1. The van der Waals surface area contributed by atoms with Crippen LogP contribution >= 0.6 is 22.9 Å². The summed E-state index contributed by atoms with van der Waals surface area (Å²) in [5.74, 6) is 0.0934. The molecule has 2 rings (SSSR count). The highest BCUT2D eigenvalue weighted by Crippen LogP contribution is 2.31. The van der Waals surface area contributed by atoms with E-state index in [9.17, 15) is 4.39 Å². The average molecular weight is 301 g/mol. The molecule has 0 atom stereocenters. The molecule has 2 aromatic rings. The van der Waals surface area contributed by atoms with Crippen molar-refractivity contribution in [2.45, 2.75) is 6.54 Å². The molecule has 0 bridgehead atoms. The van der Waals surface area contributed by atoms with Crippen molar-refractivity contribution in [3.05, 3.63) is 39.3 Å². The third-order valence-corrected chi connectivity index (χ3v) is 3.95. The first kappa shape index (κ1) is 14.0. The van der Waals surface area contributed by atoms with Gasteiger partial charge in [-0.3, -0.25) is 0 Å². The molecule has 102 valence electrons. The molecular weight excluding hydrogens is 287 g/mol. The molecule has 1 aromatic heterocycles. The van der Waals surface area contributed by atoms with Crippen molar-refractivity contribution < 1.29 is 9.13 Å². The van der Waals surface area contributed by atoms with Crippen LogP contribution in [0.5, 0.6) is 5.75 Å². The Kier molecular flexibility index (Phi) is 4.17. The van der Waals surface area contributed by atoms with Crippen molar-refractivity contribution in [2.24, 2.45) is 0 Å². The maximum absolute atomic E-state index is 13.9. The molecule has 3 nitrogen and oxygen atoms in total. The van der Waals surface area contributed by atoms with Crippen LogP contribution in [-0.4, -0.2) is 14.2 Å². The second-order valence-corrected chi connectivity index (χ2v) is 5.91. The first-order chi connectivity index (χ1) is 9.01. The molecule has 0 fully saturated rings. The standard InChI is InChI=1S/C13H14ClFN2OS/c1-17(7-8-3-4-13(14)19-8)11-6-12(18-2)10(16)5-9(11)15/h3-6H,7,16H2,1-2H3. The Balaban J connectivity index is 2.25. The summed E-state index contributed by atoms with van der Waals surface area (Å²) in [6.07, 6.45) is 0. The van der Waals surface area contributed by atoms with Gasteiger partial charge in [0, 0.05) is 24.1 Å². The molecule has 1 heterocycles. The van der Waals surface area contributed by atoms with Crippen LogP contribution in [0.4, 0.5) is 15.8 Å². The average Bonchev–Trinajstić information content (AvgIpc) is 2.74. The van der Waals surface area contributed by atoms with Crippen LogP contribution in [0, 0.1) is 5.82 Å². The van der Waals surface area contributed by atoms with Crippen molar-refractivity contribution in [1.29, 1.82) is 0 Å². The number of nitrogen functional groups attached to an aromatic ring is 1. The van der Waals surface area contributed by atoms with Crippen LogP contribution in [0.1, 0.15) is 4.88 Å². The summed E-state index contributed by atoms with van der Waals surface area (Å²) in [6, 6.07) is 6.62. The fourth-order valence-electron chi connectivity index (χ4n) is 1.78. The largest absolute Gasteiger partial charge is 0.495 e. The molecule has 0 saturated heterocycles. The second kappa shape index (κ2) is 5.67. The fraction of sp³-hybridized carbons (Fsp3) is 0.231. The van der Waals surface area contributed by atoms with E-state index in [0.29, 0.717) is 18.0 Å². The lowest BCUT2D eigenvalue weighted by Gasteiger charge is -2.20. The topological polar surface area (TPSA) is 38.5 Å². The summed E-state index contributed by atoms with van der Waals surface area (Å²) in [5.41, 5.74) is 6.39. The van der Waals surface area contributed by atoms with Crippen molar-refractivity contribution in [3.8, 4) is 5.75 Å². The number of anilines is 2. The number of methoxy groups -OCH3 is 1. The number of hydrogen-bond acceptors (Lipinski definition) is 4. The minimum absolute atomic E-state index is 0.288. The van der Waals surface area contributed by atoms with Gasteiger partial charge in [0.15, 0.2) is 0 Å². The van der Waals surface area contributed by atoms with Gasteiger partial charge in [-0.05, 0) is 12.1 Å². The lowest BCUT2D eigenvalue weighted by molar-refractivity contribution is 0.416. The summed E-state index contributed by atoms with van der Waals surface area (Å²) in [5, 5.41) is 0. The molecule has 0 unspecified atom stereocenters. The summed E-state index contributed by atoms with van der Waals surface area (Å²) < 4.78 is 19.8. The molecule has 0 saturated carbocycles. The molecule has 0 aliphatic rings. The molecule has 0 aliphatic heterocycles. The van der Waals surface area contributed by atoms with Gasteiger partial charge in [0.05, 0.1) is 29.4 Å². The van der Waals surface area contributed by atoms with Gasteiger partial charge in [-0.15, -0.1) is 11.3 Å². The number of halogens is 2. The van der Waals surface area contributed by atoms with Crippen LogP contribution in [0.25, 0.3) is 0 Å². The van der Waals surface area contributed by atoms with Crippen molar-refractivity contribution in [2.75, 3.05) is 24.8 Å². The SMILES string of the molecule is COc1cc(N(C)Cc2ccc(Cl)s2)c(F)cc1N. The fourth-order valence-corrected chi connectivity index (χ4v) is 2.92. The summed E-state index contributed by atoms with van der Waals surface area (Å²) >= 11 is 7.35. The zero-order valence-electron chi connectivity index (χ0n) is 10.6. The third kappa shape index (κ3) is 3.11. The quantitative estimate of drug-likeness (QED) is 0.874. The van der Waals surface area contributed by atoms with Gasteiger partial charge in [0.25, 0.3) is 0 Å². The van der Waals surface area contributed by atoms with Crippen LogP contribution in [-0.2, 0) is 6.54 Å². The number of nitrogens with zero attached hydrogens (tertiary/aromatic N) is 1.